The summed E-state index contributed by atoms with van der Waals surface area (Å²) in [6, 6.07) is 0.976. The molecule has 0 radical (unpaired) electrons. The quantitative estimate of drug-likeness (QED) is 0.678. The molecule has 0 aliphatic heterocycles. The molecule has 0 unspecified atom stereocenters. The fourth-order valence-corrected chi connectivity index (χ4v) is 1.03. The standard InChI is InChI=1S/C10H14N2O3/c1-6(2)4-12-10(15)7-5-11-9(14)3-8(7)13/h3,5-6H,4H2,1-2H3,(H,12,15)(H2,11,13,14). The molecular formula is C10H14N2O3. The van der Waals surface area contributed by atoms with E-state index < -0.39 is 11.5 Å². The Kier molecular flexibility index (Phi) is 3.49. The summed E-state index contributed by atoms with van der Waals surface area (Å²) in [5.74, 6) is -0.365. The van der Waals surface area contributed by atoms with Crippen molar-refractivity contribution in [2.75, 3.05) is 6.54 Å². The molecule has 1 amide bonds. The molecule has 15 heavy (non-hydrogen) atoms. The van der Waals surface area contributed by atoms with E-state index in [9.17, 15) is 14.7 Å². The highest BCUT2D eigenvalue weighted by Gasteiger charge is 2.11. The average Bonchev–Trinajstić information content (AvgIpc) is 2.14. The highest BCUT2D eigenvalue weighted by molar-refractivity contribution is 5.96. The summed E-state index contributed by atoms with van der Waals surface area (Å²) in [5, 5.41) is 12.0. The zero-order valence-corrected chi connectivity index (χ0v) is 8.70. The van der Waals surface area contributed by atoms with Gasteiger partial charge in [-0.25, -0.2) is 0 Å². The smallest absolute Gasteiger partial charge is 0.256 e. The summed E-state index contributed by atoms with van der Waals surface area (Å²) in [7, 11) is 0. The lowest BCUT2D eigenvalue weighted by atomic mass is 10.2. The number of H-pyrrole nitrogens is 1. The van der Waals surface area contributed by atoms with Crippen LogP contribution in [0.1, 0.15) is 24.2 Å². The molecule has 0 aliphatic rings. The molecule has 1 heterocycles. The number of nitrogens with one attached hydrogen (secondary N) is 2. The largest absolute Gasteiger partial charge is 0.507 e. The Bertz CT molecular complexity index is 409. The number of aromatic hydroxyl groups is 1. The summed E-state index contributed by atoms with van der Waals surface area (Å²) in [6.07, 6.45) is 1.20. The van der Waals surface area contributed by atoms with E-state index in [0.717, 1.165) is 6.07 Å². The van der Waals surface area contributed by atoms with Crippen molar-refractivity contribution >= 4 is 5.91 Å². The van der Waals surface area contributed by atoms with E-state index in [1.54, 1.807) is 0 Å². The molecule has 5 nitrogen and oxygen atoms in total. The molecule has 0 spiro atoms. The van der Waals surface area contributed by atoms with Crippen molar-refractivity contribution in [2.45, 2.75) is 13.8 Å². The molecule has 0 aliphatic carbocycles. The molecule has 0 aromatic carbocycles. The molecule has 82 valence electrons. The van der Waals surface area contributed by atoms with Crippen LogP contribution in [0.15, 0.2) is 17.1 Å². The van der Waals surface area contributed by atoms with Crippen molar-refractivity contribution in [1.29, 1.82) is 0 Å². The minimum atomic E-state index is -0.437. The van der Waals surface area contributed by atoms with Gasteiger partial charge < -0.3 is 15.4 Å². The van der Waals surface area contributed by atoms with Gasteiger partial charge in [0.25, 0.3) is 11.5 Å². The number of carbonyl (C=O) groups is 1. The van der Waals surface area contributed by atoms with Crippen LogP contribution in [-0.2, 0) is 0 Å². The number of aromatic nitrogens is 1. The van der Waals surface area contributed by atoms with Gasteiger partial charge in [-0.05, 0) is 5.92 Å². The van der Waals surface area contributed by atoms with E-state index in [1.807, 2.05) is 13.8 Å². The second-order valence-electron chi connectivity index (χ2n) is 3.70. The fourth-order valence-electron chi connectivity index (χ4n) is 1.03. The predicted molar refractivity (Wildman–Crippen MR) is 55.9 cm³/mol. The molecule has 0 bridgehead atoms. The number of rotatable bonds is 3. The van der Waals surface area contributed by atoms with Crippen LogP contribution in [0.4, 0.5) is 0 Å². The molecule has 1 aromatic rings. The van der Waals surface area contributed by atoms with E-state index in [-0.39, 0.29) is 11.3 Å². The van der Waals surface area contributed by atoms with Crippen LogP contribution in [-0.4, -0.2) is 22.5 Å². The number of amides is 1. The first-order valence-electron chi connectivity index (χ1n) is 4.70. The Morgan fingerprint density at radius 2 is 2.27 bits per heavy atom. The zero-order valence-electron chi connectivity index (χ0n) is 8.70. The van der Waals surface area contributed by atoms with Gasteiger partial charge in [0.15, 0.2) is 0 Å². The number of hydrogen-bond donors (Lipinski definition) is 3. The second-order valence-corrected chi connectivity index (χ2v) is 3.70. The maximum absolute atomic E-state index is 11.5. The number of pyridine rings is 1. The Balaban J connectivity index is 2.78. The predicted octanol–water partition coefficient (Wildman–Crippen LogP) is 0.466. The summed E-state index contributed by atoms with van der Waals surface area (Å²) in [5.41, 5.74) is -0.358. The molecule has 0 fully saturated rings. The van der Waals surface area contributed by atoms with Crippen LogP contribution in [0.3, 0.4) is 0 Å². The minimum Gasteiger partial charge on any atom is -0.507 e. The summed E-state index contributed by atoms with van der Waals surface area (Å²) >= 11 is 0. The van der Waals surface area contributed by atoms with Gasteiger partial charge in [0.05, 0.1) is 5.56 Å². The third-order valence-corrected chi connectivity index (χ3v) is 1.82. The average molecular weight is 210 g/mol. The number of carbonyl (C=O) groups excluding carboxylic acids is 1. The van der Waals surface area contributed by atoms with Gasteiger partial charge >= 0.3 is 0 Å². The van der Waals surface area contributed by atoms with E-state index in [1.165, 1.54) is 6.20 Å². The van der Waals surface area contributed by atoms with Crippen molar-refractivity contribution in [3.8, 4) is 5.75 Å². The normalized spacial score (nSPS) is 10.3. The lowest BCUT2D eigenvalue weighted by molar-refractivity contribution is 0.0946. The van der Waals surface area contributed by atoms with Crippen LogP contribution in [0.25, 0.3) is 0 Å². The molecule has 1 rings (SSSR count). The van der Waals surface area contributed by atoms with Gasteiger partial charge in [0.2, 0.25) is 0 Å². The lowest BCUT2D eigenvalue weighted by Gasteiger charge is -2.08. The van der Waals surface area contributed by atoms with Gasteiger partial charge in [-0.3, -0.25) is 9.59 Å². The maximum Gasteiger partial charge on any atom is 0.256 e. The third kappa shape index (κ3) is 3.12. The SMILES string of the molecule is CC(C)CNC(=O)c1c[nH]c(=O)cc1O. The zero-order chi connectivity index (χ0) is 11.4. The molecule has 0 saturated heterocycles. The Labute approximate surface area is 87.1 Å². The second kappa shape index (κ2) is 4.63. The first-order valence-corrected chi connectivity index (χ1v) is 4.70. The van der Waals surface area contributed by atoms with Crippen molar-refractivity contribution in [3.63, 3.8) is 0 Å². The van der Waals surface area contributed by atoms with Gasteiger partial charge in [-0.15, -0.1) is 0 Å². The fraction of sp³-hybridized carbons (Fsp3) is 0.400. The van der Waals surface area contributed by atoms with Crippen molar-refractivity contribution < 1.29 is 9.90 Å². The van der Waals surface area contributed by atoms with Gasteiger partial charge in [0.1, 0.15) is 5.75 Å². The Morgan fingerprint density at radius 1 is 1.60 bits per heavy atom. The molecule has 1 aromatic heterocycles. The number of hydrogen-bond acceptors (Lipinski definition) is 3. The Morgan fingerprint density at radius 3 is 2.80 bits per heavy atom. The lowest BCUT2D eigenvalue weighted by Crippen LogP contribution is -2.28. The summed E-state index contributed by atoms with van der Waals surface area (Å²) < 4.78 is 0. The van der Waals surface area contributed by atoms with Crippen LogP contribution < -0.4 is 10.9 Å². The first-order chi connectivity index (χ1) is 7.00. The van der Waals surface area contributed by atoms with E-state index in [0.29, 0.717) is 12.5 Å². The van der Waals surface area contributed by atoms with Crippen LogP contribution >= 0.6 is 0 Å². The summed E-state index contributed by atoms with van der Waals surface area (Å²) in [4.78, 5) is 24.6. The maximum atomic E-state index is 11.5. The number of aromatic amines is 1. The van der Waals surface area contributed by atoms with Gasteiger partial charge in [-0.1, -0.05) is 13.8 Å². The van der Waals surface area contributed by atoms with Crippen LogP contribution in [0, 0.1) is 5.92 Å². The van der Waals surface area contributed by atoms with E-state index in [2.05, 4.69) is 10.3 Å². The highest BCUT2D eigenvalue weighted by Crippen LogP contribution is 2.11. The summed E-state index contributed by atoms with van der Waals surface area (Å²) in [6.45, 7) is 4.46. The van der Waals surface area contributed by atoms with Gasteiger partial charge in [0, 0.05) is 18.8 Å². The minimum absolute atomic E-state index is 0.0789. The molecule has 3 N–H and O–H groups in total. The van der Waals surface area contributed by atoms with E-state index >= 15 is 0 Å². The molecule has 0 saturated carbocycles. The Hall–Kier alpha value is -1.78. The van der Waals surface area contributed by atoms with E-state index in [4.69, 9.17) is 0 Å². The first kappa shape index (κ1) is 11.3. The third-order valence-electron chi connectivity index (χ3n) is 1.82. The molecular weight excluding hydrogens is 196 g/mol. The van der Waals surface area contributed by atoms with Crippen molar-refractivity contribution in [2.24, 2.45) is 5.92 Å². The highest BCUT2D eigenvalue weighted by atomic mass is 16.3. The van der Waals surface area contributed by atoms with Crippen LogP contribution in [0.5, 0.6) is 5.75 Å². The van der Waals surface area contributed by atoms with Crippen LogP contribution in [0.2, 0.25) is 0 Å². The molecule has 5 heteroatoms. The van der Waals surface area contributed by atoms with Crippen molar-refractivity contribution in [3.05, 3.63) is 28.2 Å². The molecule has 0 atom stereocenters. The monoisotopic (exact) mass is 210 g/mol. The van der Waals surface area contributed by atoms with Crippen molar-refractivity contribution in [1.82, 2.24) is 10.3 Å². The van der Waals surface area contributed by atoms with Gasteiger partial charge in [-0.2, -0.15) is 0 Å². The topological polar surface area (TPSA) is 82.2 Å².